The zero-order valence-electron chi connectivity index (χ0n) is 22.7. The van der Waals surface area contributed by atoms with E-state index < -0.39 is 0 Å². The summed E-state index contributed by atoms with van der Waals surface area (Å²) in [5.41, 5.74) is 12.2. The Morgan fingerprint density at radius 3 is 1.95 bits per heavy atom. The Morgan fingerprint density at radius 1 is 0.737 bits per heavy atom. The quantitative estimate of drug-likeness (QED) is 0.186. The number of aryl methyl sites for hydroxylation is 4. The molecule has 0 unspecified atom stereocenters. The zero-order valence-corrected chi connectivity index (χ0v) is 22.7. The number of imidazole rings is 1. The highest BCUT2D eigenvalue weighted by Crippen LogP contribution is 2.38. The van der Waals surface area contributed by atoms with Crippen molar-refractivity contribution in [2.75, 3.05) is 0 Å². The summed E-state index contributed by atoms with van der Waals surface area (Å²) >= 11 is 0. The third-order valence-corrected chi connectivity index (χ3v) is 7.28. The fraction of sp³-hybridized carbons (Fsp3) is 0.194. The van der Waals surface area contributed by atoms with Crippen molar-refractivity contribution < 1.29 is 0 Å². The Kier molecular flexibility index (Phi) is 7.70. The summed E-state index contributed by atoms with van der Waals surface area (Å²) in [6, 6.07) is 34.7. The van der Waals surface area contributed by atoms with E-state index in [0.717, 1.165) is 42.9 Å². The van der Waals surface area contributed by atoms with E-state index in [9.17, 15) is 0 Å². The molecule has 0 N–H and O–H groups in total. The molecule has 0 saturated heterocycles. The summed E-state index contributed by atoms with van der Waals surface area (Å²) in [6.07, 6.45) is 5.15. The number of unbranched alkanes of at least 4 members (excludes halogenated alkanes) is 1. The molecule has 0 atom stereocenters. The van der Waals surface area contributed by atoms with Gasteiger partial charge in [0.15, 0.2) is 0 Å². The summed E-state index contributed by atoms with van der Waals surface area (Å²) in [5, 5.41) is 0. The molecule has 2 heteroatoms. The van der Waals surface area contributed by atoms with Gasteiger partial charge in [-0.15, -0.1) is 0 Å². The van der Waals surface area contributed by atoms with Crippen molar-refractivity contribution in [1.82, 2.24) is 9.55 Å². The van der Waals surface area contributed by atoms with Gasteiger partial charge in [0, 0.05) is 23.2 Å². The molecule has 4 aromatic carbocycles. The highest BCUT2D eigenvalue weighted by atomic mass is 15.1. The lowest BCUT2D eigenvalue weighted by atomic mass is 9.99. The molecule has 0 saturated carbocycles. The van der Waals surface area contributed by atoms with E-state index in [1.54, 1.807) is 0 Å². The van der Waals surface area contributed by atoms with Gasteiger partial charge in [-0.1, -0.05) is 115 Å². The maximum atomic E-state index is 5.39. The average Bonchev–Trinajstić information content (AvgIpc) is 3.30. The number of nitrogens with zero attached hydrogens (tertiary/aromatic N) is 2. The molecule has 38 heavy (non-hydrogen) atoms. The molecule has 0 spiro atoms. The molecule has 190 valence electrons. The fourth-order valence-electron chi connectivity index (χ4n) is 5.50. The van der Waals surface area contributed by atoms with Crippen molar-refractivity contribution in [1.29, 1.82) is 0 Å². The normalized spacial score (nSPS) is 11.0. The third-order valence-electron chi connectivity index (χ3n) is 7.28. The second-order valence-corrected chi connectivity index (χ2v) is 10.2. The van der Waals surface area contributed by atoms with Crippen LogP contribution in [0.25, 0.3) is 40.0 Å². The van der Waals surface area contributed by atoms with Crippen molar-refractivity contribution in [2.45, 2.75) is 46.6 Å². The zero-order chi connectivity index (χ0) is 26.5. The smallest absolute Gasteiger partial charge is 0.141 e. The molecule has 0 aliphatic carbocycles. The third kappa shape index (κ3) is 5.40. The van der Waals surface area contributed by atoms with Gasteiger partial charge in [-0.25, -0.2) is 4.98 Å². The van der Waals surface area contributed by atoms with E-state index in [4.69, 9.17) is 4.98 Å². The molecule has 1 heterocycles. The lowest BCUT2D eigenvalue weighted by Crippen LogP contribution is -2.06. The maximum Gasteiger partial charge on any atom is 0.141 e. The maximum absolute atomic E-state index is 5.39. The summed E-state index contributed by atoms with van der Waals surface area (Å²) in [6.45, 7) is 11.4. The summed E-state index contributed by atoms with van der Waals surface area (Å²) in [5.74, 6) is 1.06. The minimum Gasteiger partial charge on any atom is -0.323 e. The van der Waals surface area contributed by atoms with E-state index >= 15 is 0 Å². The number of rotatable bonds is 9. The molecular formula is C36H36N2. The first-order valence-electron chi connectivity index (χ1n) is 13.6. The molecule has 0 amide bonds. The lowest BCUT2D eigenvalue weighted by Gasteiger charge is -2.16. The van der Waals surface area contributed by atoms with E-state index in [1.165, 1.54) is 44.6 Å². The second-order valence-electron chi connectivity index (χ2n) is 10.2. The van der Waals surface area contributed by atoms with Crippen molar-refractivity contribution in [3.63, 3.8) is 0 Å². The van der Waals surface area contributed by atoms with Crippen LogP contribution >= 0.6 is 0 Å². The minimum absolute atomic E-state index is 0.914. The van der Waals surface area contributed by atoms with Gasteiger partial charge in [0.25, 0.3) is 0 Å². The lowest BCUT2D eigenvalue weighted by molar-refractivity contribution is 0.617. The number of aromatic nitrogens is 2. The summed E-state index contributed by atoms with van der Waals surface area (Å²) in [7, 11) is 0. The fourth-order valence-corrected chi connectivity index (χ4v) is 5.50. The van der Waals surface area contributed by atoms with Crippen LogP contribution in [-0.4, -0.2) is 9.55 Å². The van der Waals surface area contributed by atoms with E-state index in [1.807, 2.05) is 6.08 Å². The number of hydrogen-bond acceptors (Lipinski definition) is 1. The van der Waals surface area contributed by atoms with Gasteiger partial charge >= 0.3 is 0 Å². The van der Waals surface area contributed by atoms with Gasteiger partial charge in [-0.2, -0.15) is 0 Å². The highest BCUT2D eigenvalue weighted by molar-refractivity contribution is 5.83. The minimum atomic E-state index is 0.914. The molecule has 0 radical (unpaired) electrons. The van der Waals surface area contributed by atoms with E-state index in [-0.39, 0.29) is 0 Å². The first kappa shape index (κ1) is 25.5. The van der Waals surface area contributed by atoms with E-state index in [2.05, 4.69) is 129 Å². The number of benzene rings is 4. The second kappa shape index (κ2) is 11.5. The van der Waals surface area contributed by atoms with Crippen molar-refractivity contribution in [2.24, 2.45) is 0 Å². The van der Waals surface area contributed by atoms with Gasteiger partial charge in [-0.3, -0.25) is 0 Å². The standard InChI is InChI=1S/C36H36N2/c1-5-29-19-21-30(22-20-29)14-12-13-23-38-35(32-17-10-7-11-18-32)34(31-15-8-6-9-16-31)37-36(38)33-27(3)24-26(2)25-28(33)4/h5-11,15-22,24-25H,1,12-14,23H2,2-4H3. The first-order valence-corrected chi connectivity index (χ1v) is 13.6. The Labute approximate surface area is 227 Å². The monoisotopic (exact) mass is 496 g/mol. The molecule has 1 aromatic heterocycles. The van der Waals surface area contributed by atoms with Crippen molar-refractivity contribution in [3.05, 3.63) is 131 Å². The van der Waals surface area contributed by atoms with Crippen LogP contribution in [-0.2, 0) is 13.0 Å². The van der Waals surface area contributed by atoms with Crippen LogP contribution in [0.1, 0.15) is 40.7 Å². The van der Waals surface area contributed by atoms with E-state index in [0.29, 0.717) is 0 Å². The Bertz CT molecular complexity index is 1500. The van der Waals surface area contributed by atoms with Gasteiger partial charge in [-0.05, 0) is 62.3 Å². The van der Waals surface area contributed by atoms with Crippen LogP contribution in [0.2, 0.25) is 0 Å². The van der Waals surface area contributed by atoms with Crippen molar-refractivity contribution in [3.8, 4) is 33.9 Å². The van der Waals surface area contributed by atoms with Crippen LogP contribution in [0.15, 0.2) is 104 Å². The van der Waals surface area contributed by atoms with Crippen LogP contribution in [0.3, 0.4) is 0 Å². The topological polar surface area (TPSA) is 17.8 Å². The SMILES string of the molecule is C=Cc1ccc(CCCCn2c(-c3c(C)cc(C)cc3C)nc(-c3ccccc3)c2-c2ccccc2)cc1. The Morgan fingerprint density at radius 2 is 1.34 bits per heavy atom. The van der Waals surface area contributed by atoms with Crippen LogP contribution < -0.4 is 0 Å². The Balaban J connectivity index is 1.58. The molecule has 5 rings (SSSR count). The molecular weight excluding hydrogens is 460 g/mol. The number of hydrogen-bond donors (Lipinski definition) is 0. The predicted molar refractivity (Wildman–Crippen MR) is 162 cm³/mol. The van der Waals surface area contributed by atoms with Gasteiger partial charge < -0.3 is 4.57 Å². The highest BCUT2D eigenvalue weighted by Gasteiger charge is 2.23. The molecule has 0 aliphatic heterocycles. The van der Waals surface area contributed by atoms with Crippen molar-refractivity contribution >= 4 is 6.08 Å². The molecule has 2 nitrogen and oxygen atoms in total. The summed E-state index contributed by atoms with van der Waals surface area (Å²) < 4.78 is 2.48. The van der Waals surface area contributed by atoms with Gasteiger partial charge in [0.05, 0.1) is 11.4 Å². The van der Waals surface area contributed by atoms with Crippen LogP contribution in [0, 0.1) is 20.8 Å². The molecule has 0 aliphatic rings. The van der Waals surface area contributed by atoms with Crippen LogP contribution in [0.5, 0.6) is 0 Å². The molecule has 0 fully saturated rings. The molecule has 0 bridgehead atoms. The molecule has 5 aromatic rings. The van der Waals surface area contributed by atoms with Crippen LogP contribution in [0.4, 0.5) is 0 Å². The summed E-state index contributed by atoms with van der Waals surface area (Å²) in [4.78, 5) is 5.39. The Hall–Kier alpha value is -4.17. The average molecular weight is 497 g/mol. The van der Waals surface area contributed by atoms with Gasteiger partial charge in [0.2, 0.25) is 0 Å². The predicted octanol–water partition coefficient (Wildman–Crippen LogP) is 9.48. The first-order chi connectivity index (χ1) is 18.5. The van der Waals surface area contributed by atoms with Gasteiger partial charge in [0.1, 0.15) is 5.82 Å². The largest absolute Gasteiger partial charge is 0.323 e.